The number of nitrogens with one attached hydrogen (secondary N) is 2. The van der Waals surface area contributed by atoms with Gasteiger partial charge in [-0.15, -0.1) is 0 Å². The van der Waals surface area contributed by atoms with E-state index in [1.807, 2.05) is 6.92 Å². The summed E-state index contributed by atoms with van der Waals surface area (Å²) < 4.78 is 25.5. The standard InChI is InChI=1S/C11H14F2N2O/c1-7(14-2)6-15-11(16)8-3-4-9(12)10(13)5-8/h3-5,7,14H,6H2,1-2H3,(H,15,16). The van der Waals surface area contributed by atoms with Crippen LogP contribution in [0.2, 0.25) is 0 Å². The molecule has 0 bridgehead atoms. The van der Waals surface area contributed by atoms with Gasteiger partial charge >= 0.3 is 0 Å². The van der Waals surface area contributed by atoms with E-state index in [9.17, 15) is 13.6 Å². The number of carbonyl (C=O) groups is 1. The normalized spacial score (nSPS) is 12.2. The highest BCUT2D eigenvalue weighted by atomic mass is 19.2. The fourth-order valence-corrected chi connectivity index (χ4v) is 1.09. The number of amides is 1. The van der Waals surface area contributed by atoms with Crippen LogP contribution in [-0.2, 0) is 0 Å². The second kappa shape index (κ2) is 5.55. The Hall–Kier alpha value is -1.49. The third-order valence-corrected chi connectivity index (χ3v) is 2.24. The number of hydrogen-bond donors (Lipinski definition) is 2. The summed E-state index contributed by atoms with van der Waals surface area (Å²) in [6.07, 6.45) is 0. The largest absolute Gasteiger partial charge is 0.350 e. The summed E-state index contributed by atoms with van der Waals surface area (Å²) in [5, 5.41) is 5.55. The molecule has 16 heavy (non-hydrogen) atoms. The van der Waals surface area contributed by atoms with Crippen LogP contribution >= 0.6 is 0 Å². The van der Waals surface area contributed by atoms with Crippen LogP contribution in [0.3, 0.4) is 0 Å². The lowest BCUT2D eigenvalue weighted by atomic mass is 10.2. The Morgan fingerprint density at radius 2 is 2.06 bits per heavy atom. The van der Waals surface area contributed by atoms with Gasteiger partial charge in [-0.05, 0) is 32.2 Å². The quantitative estimate of drug-likeness (QED) is 0.815. The van der Waals surface area contributed by atoms with Gasteiger partial charge in [0.1, 0.15) is 0 Å². The monoisotopic (exact) mass is 228 g/mol. The van der Waals surface area contributed by atoms with E-state index in [0.717, 1.165) is 12.1 Å². The molecule has 0 saturated carbocycles. The number of halogens is 2. The van der Waals surface area contributed by atoms with E-state index in [2.05, 4.69) is 10.6 Å². The molecule has 3 nitrogen and oxygen atoms in total. The van der Waals surface area contributed by atoms with Crippen LogP contribution in [0.15, 0.2) is 18.2 Å². The molecule has 0 saturated heterocycles. The summed E-state index contributed by atoms with van der Waals surface area (Å²) in [5.74, 6) is -2.39. The molecule has 1 amide bonds. The summed E-state index contributed by atoms with van der Waals surface area (Å²) in [4.78, 5) is 11.5. The first-order valence-electron chi connectivity index (χ1n) is 4.95. The third-order valence-electron chi connectivity index (χ3n) is 2.24. The topological polar surface area (TPSA) is 41.1 Å². The van der Waals surface area contributed by atoms with Crippen molar-refractivity contribution < 1.29 is 13.6 Å². The molecule has 0 fully saturated rings. The van der Waals surface area contributed by atoms with Gasteiger partial charge in [0.05, 0.1) is 0 Å². The summed E-state index contributed by atoms with van der Waals surface area (Å²) in [5.41, 5.74) is 0.113. The van der Waals surface area contributed by atoms with Crippen LogP contribution in [0.1, 0.15) is 17.3 Å². The predicted molar refractivity (Wildman–Crippen MR) is 57.2 cm³/mol. The summed E-state index contributed by atoms with van der Waals surface area (Å²) in [6, 6.07) is 3.19. The molecule has 0 heterocycles. The molecule has 5 heteroatoms. The zero-order valence-corrected chi connectivity index (χ0v) is 9.18. The lowest BCUT2D eigenvalue weighted by Gasteiger charge is -2.11. The van der Waals surface area contributed by atoms with Gasteiger partial charge in [-0.1, -0.05) is 0 Å². The molecule has 0 aliphatic heterocycles. The van der Waals surface area contributed by atoms with E-state index >= 15 is 0 Å². The highest BCUT2D eigenvalue weighted by molar-refractivity contribution is 5.94. The van der Waals surface area contributed by atoms with Gasteiger partial charge in [0.15, 0.2) is 11.6 Å². The van der Waals surface area contributed by atoms with E-state index < -0.39 is 17.5 Å². The average molecular weight is 228 g/mol. The fraction of sp³-hybridized carbons (Fsp3) is 0.364. The molecule has 0 spiro atoms. The maximum atomic E-state index is 12.8. The number of carbonyl (C=O) groups excluding carboxylic acids is 1. The molecule has 0 aliphatic carbocycles. The number of rotatable bonds is 4. The Bertz CT molecular complexity index is 382. The van der Waals surface area contributed by atoms with Crippen LogP contribution in [0.5, 0.6) is 0 Å². The van der Waals surface area contributed by atoms with Crippen molar-refractivity contribution >= 4 is 5.91 Å². The highest BCUT2D eigenvalue weighted by Gasteiger charge is 2.09. The zero-order chi connectivity index (χ0) is 12.1. The minimum Gasteiger partial charge on any atom is -0.350 e. The van der Waals surface area contributed by atoms with Crippen molar-refractivity contribution in [2.45, 2.75) is 13.0 Å². The summed E-state index contributed by atoms with van der Waals surface area (Å²) >= 11 is 0. The lowest BCUT2D eigenvalue weighted by molar-refractivity contribution is 0.0950. The average Bonchev–Trinajstić information content (AvgIpc) is 2.29. The molecule has 2 N–H and O–H groups in total. The molecule has 0 aromatic heterocycles. The summed E-state index contributed by atoms with van der Waals surface area (Å²) in [7, 11) is 1.77. The Kier molecular flexibility index (Phi) is 4.37. The van der Waals surface area contributed by atoms with Crippen LogP contribution in [0.25, 0.3) is 0 Å². The second-order valence-electron chi connectivity index (χ2n) is 3.53. The number of benzene rings is 1. The fourth-order valence-electron chi connectivity index (χ4n) is 1.09. The molecule has 88 valence electrons. The molecular weight excluding hydrogens is 214 g/mol. The molecule has 1 rings (SSSR count). The molecule has 0 radical (unpaired) electrons. The van der Waals surface area contributed by atoms with Gasteiger partial charge in [0.2, 0.25) is 0 Å². The van der Waals surface area contributed by atoms with Crippen molar-refractivity contribution in [1.29, 1.82) is 0 Å². The van der Waals surface area contributed by atoms with Gasteiger partial charge in [-0.25, -0.2) is 8.78 Å². The second-order valence-corrected chi connectivity index (χ2v) is 3.53. The Morgan fingerprint density at radius 1 is 1.38 bits per heavy atom. The van der Waals surface area contributed by atoms with Crippen LogP contribution in [0, 0.1) is 11.6 Å². The Balaban J connectivity index is 2.63. The van der Waals surface area contributed by atoms with Crippen molar-refractivity contribution in [3.63, 3.8) is 0 Å². The summed E-state index contributed by atoms with van der Waals surface area (Å²) in [6.45, 7) is 2.32. The number of likely N-dealkylation sites (N-methyl/N-ethyl adjacent to an activating group) is 1. The molecule has 1 atom stereocenters. The predicted octanol–water partition coefficient (Wildman–Crippen LogP) is 1.30. The van der Waals surface area contributed by atoms with Crippen LogP contribution in [-0.4, -0.2) is 25.5 Å². The maximum absolute atomic E-state index is 12.8. The Labute approximate surface area is 92.8 Å². The van der Waals surface area contributed by atoms with Crippen molar-refractivity contribution in [1.82, 2.24) is 10.6 Å². The van der Waals surface area contributed by atoms with Gasteiger partial charge in [0.25, 0.3) is 5.91 Å². The van der Waals surface area contributed by atoms with E-state index in [-0.39, 0.29) is 11.6 Å². The van der Waals surface area contributed by atoms with Crippen molar-refractivity contribution in [2.24, 2.45) is 0 Å². The molecular formula is C11H14F2N2O. The van der Waals surface area contributed by atoms with Crippen LogP contribution in [0.4, 0.5) is 8.78 Å². The van der Waals surface area contributed by atoms with Gasteiger partial charge in [0, 0.05) is 18.2 Å². The third kappa shape index (κ3) is 3.27. The SMILES string of the molecule is CNC(C)CNC(=O)c1ccc(F)c(F)c1. The first-order chi connectivity index (χ1) is 7.54. The highest BCUT2D eigenvalue weighted by Crippen LogP contribution is 2.08. The minimum atomic E-state index is -1.02. The molecule has 0 aliphatic rings. The van der Waals surface area contributed by atoms with E-state index in [1.54, 1.807) is 7.05 Å². The van der Waals surface area contributed by atoms with Gasteiger partial charge < -0.3 is 10.6 Å². The Morgan fingerprint density at radius 3 is 2.62 bits per heavy atom. The molecule has 1 unspecified atom stereocenters. The van der Waals surface area contributed by atoms with Gasteiger partial charge in [-0.3, -0.25) is 4.79 Å². The first kappa shape index (κ1) is 12.6. The molecule has 1 aromatic carbocycles. The van der Waals surface area contributed by atoms with Crippen LogP contribution < -0.4 is 10.6 Å². The van der Waals surface area contributed by atoms with Crippen molar-refractivity contribution in [3.05, 3.63) is 35.4 Å². The number of hydrogen-bond acceptors (Lipinski definition) is 2. The van der Waals surface area contributed by atoms with E-state index in [0.29, 0.717) is 6.54 Å². The lowest BCUT2D eigenvalue weighted by Crippen LogP contribution is -2.37. The first-order valence-corrected chi connectivity index (χ1v) is 4.95. The van der Waals surface area contributed by atoms with E-state index in [1.165, 1.54) is 6.07 Å². The minimum absolute atomic E-state index is 0.113. The maximum Gasteiger partial charge on any atom is 0.251 e. The smallest absolute Gasteiger partial charge is 0.251 e. The van der Waals surface area contributed by atoms with Gasteiger partial charge in [-0.2, -0.15) is 0 Å². The van der Waals surface area contributed by atoms with Crippen molar-refractivity contribution in [3.8, 4) is 0 Å². The zero-order valence-electron chi connectivity index (χ0n) is 9.18. The van der Waals surface area contributed by atoms with Crippen molar-refractivity contribution in [2.75, 3.05) is 13.6 Å². The van der Waals surface area contributed by atoms with E-state index in [4.69, 9.17) is 0 Å². The molecule has 1 aromatic rings.